The fraction of sp³-hybridized carbons (Fsp3) is 0.440. The van der Waals surface area contributed by atoms with E-state index in [-0.39, 0.29) is 18.5 Å². The smallest absolute Gasteiger partial charge is 0.244 e. The Morgan fingerprint density at radius 2 is 1.77 bits per heavy atom. The Bertz CT molecular complexity index is 1130. The molecule has 2 atom stereocenters. The Kier molecular flexibility index (Phi) is 10.6. The van der Waals surface area contributed by atoms with Gasteiger partial charge in [-0.25, -0.2) is 8.42 Å². The number of ether oxygens (including phenoxy) is 1. The van der Waals surface area contributed by atoms with E-state index in [4.69, 9.17) is 4.74 Å². The van der Waals surface area contributed by atoms with E-state index in [0.717, 1.165) is 22.5 Å². The number of hydrogen-bond donors (Lipinski definition) is 1. The maximum atomic E-state index is 13.7. The summed E-state index contributed by atoms with van der Waals surface area (Å²) in [5.74, 6) is -0.136. The summed E-state index contributed by atoms with van der Waals surface area (Å²) in [4.78, 5) is 28.3. The number of anilines is 1. The van der Waals surface area contributed by atoms with Crippen molar-refractivity contribution in [3.05, 3.63) is 58.6 Å². The molecule has 0 aliphatic rings. The number of halogens is 1. The minimum atomic E-state index is -3.79. The van der Waals surface area contributed by atoms with E-state index in [0.29, 0.717) is 22.3 Å². The monoisotopic (exact) mass is 567 g/mol. The quantitative estimate of drug-likeness (QED) is 0.419. The fourth-order valence-corrected chi connectivity index (χ4v) is 5.05. The summed E-state index contributed by atoms with van der Waals surface area (Å²) in [6, 6.07) is 13.2. The van der Waals surface area contributed by atoms with Crippen LogP contribution in [-0.2, 0) is 26.2 Å². The molecule has 0 saturated carbocycles. The first-order valence-corrected chi connectivity index (χ1v) is 14.1. The molecule has 0 fully saturated rings. The van der Waals surface area contributed by atoms with E-state index in [1.165, 1.54) is 4.90 Å². The summed E-state index contributed by atoms with van der Waals surface area (Å²) in [6.45, 7) is 5.37. The van der Waals surface area contributed by atoms with Gasteiger partial charge in [0.2, 0.25) is 21.8 Å². The zero-order chi connectivity index (χ0) is 26.2. The van der Waals surface area contributed by atoms with Gasteiger partial charge in [0, 0.05) is 17.1 Å². The lowest BCUT2D eigenvalue weighted by atomic mass is 10.1. The van der Waals surface area contributed by atoms with E-state index in [1.807, 2.05) is 26.8 Å². The van der Waals surface area contributed by atoms with Crippen molar-refractivity contribution in [2.45, 2.75) is 52.2 Å². The third-order valence-electron chi connectivity index (χ3n) is 5.67. The SMILES string of the molecule is CC[C@@H](C)NC(=O)[C@H](CC)N(Cc1cccc(OC)c1)C(=O)CN(c1ccccc1Br)S(C)(=O)=O. The Balaban J connectivity index is 2.47. The van der Waals surface area contributed by atoms with Crippen molar-refractivity contribution in [1.29, 1.82) is 0 Å². The van der Waals surface area contributed by atoms with Crippen LogP contribution >= 0.6 is 15.9 Å². The summed E-state index contributed by atoms with van der Waals surface area (Å²) >= 11 is 3.38. The van der Waals surface area contributed by atoms with Gasteiger partial charge in [0.1, 0.15) is 18.3 Å². The number of hydrogen-bond acceptors (Lipinski definition) is 5. The highest BCUT2D eigenvalue weighted by atomic mass is 79.9. The maximum absolute atomic E-state index is 13.7. The number of amides is 2. The van der Waals surface area contributed by atoms with Crippen molar-refractivity contribution in [3.63, 3.8) is 0 Å². The average molecular weight is 569 g/mol. The normalized spacial score (nSPS) is 13.0. The second kappa shape index (κ2) is 12.9. The lowest BCUT2D eigenvalue weighted by Crippen LogP contribution is -2.53. The molecule has 0 aromatic heterocycles. The molecule has 2 amide bonds. The third-order valence-corrected chi connectivity index (χ3v) is 7.47. The number of nitrogens with one attached hydrogen (secondary N) is 1. The van der Waals surface area contributed by atoms with Gasteiger partial charge in [-0.15, -0.1) is 0 Å². The van der Waals surface area contributed by atoms with Gasteiger partial charge in [0.25, 0.3) is 0 Å². The molecule has 8 nitrogen and oxygen atoms in total. The number of rotatable bonds is 12. The summed E-state index contributed by atoms with van der Waals surface area (Å²) < 4.78 is 32.3. The van der Waals surface area contributed by atoms with Crippen LogP contribution in [0.2, 0.25) is 0 Å². The van der Waals surface area contributed by atoms with Gasteiger partial charge in [-0.3, -0.25) is 13.9 Å². The van der Waals surface area contributed by atoms with Gasteiger partial charge < -0.3 is 15.0 Å². The van der Waals surface area contributed by atoms with E-state index >= 15 is 0 Å². The first kappa shape index (κ1) is 28.6. The lowest BCUT2D eigenvalue weighted by Gasteiger charge is -2.33. The molecule has 0 heterocycles. The number of carbonyl (C=O) groups is 2. The summed E-state index contributed by atoms with van der Waals surface area (Å²) in [5.41, 5.74) is 1.11. The van der Waals surface area contributed by atoms with Gasteiger partial charge in [0.15, 0.2) is 0 Å². The number of nitrogens with zero attached hydrogens (tertiary/aromatic N) is 2. The molecule has 0 bridgehead atoms. The van der Waals surface area contributed by atoms with Gasteiger partial charge in [0.05, 0.1) is 19.1 Å². The molecular weight excluding hydrogens is 534 g/mol. The predicted octanol–water partition coefficient (Wildman–Crippen LogP) is 3.95. The van der Waals surface area contributed by atoms with E-state index in [9.17, 15) is 18.0 Å². The van der Waals surface area contributed by atoms with Crippen LogP contribution < -0.4 is 14.4 Å². The Morgan fingerprint density at radius 1 is 1.09 bits per heavy atom. The van der Waals surface area contributed by atoms with Gasteiger partial charge in [-0.2, -0.15) is 0 Å². The summed E-state index contributed by atoms with van der Waals surface area (Å²) in [7, 11) is -2.24. The molecule has 1 N–H and O–H groups in total. The summed E-state index contributed by atoms with van der Waals surface area (Å²) in [6.07, 6.45) is 2.17. The summed E-state index contributed by atoms with van der Waals surface area (Å²) in [5, 5.41) is 2.95. The van der Waals surface area contributed by atoms with Crippen LogP contribution in [0.4, 0.5) is 5.69 Å². The van der Waals surface area contributed by atoms with Crippen molar-refractivity contribution in [2.24, 2.45) is 0 Å². The van der Waals surface area contributed by atoms with Gasteiger partial charge in [-0.05, 0) is 65.5 Å². The maximum Gasteiger partial charge on any atom is 0.244 e. The number of benzene rings is 2. The van der Waals surface area contributed by atoms with E-state index < -0.39 is 28.5 Å². The number of para-hydroxylation sites is 1. The van der Waals surface area contributed by atoms with Crippen molar-refractivity contribution in [1.82, 2.24) is 10.2 Å². The zero-order valence-electron chi connectivity index (χ0n) is 20.8. The second-order valence-corrected chi connectivity index (χ2v) is 11.1. The number of carbonyl (C=O) groups excluding carboxylic acids is 2. The second-order valence-electron chi connectivity index (χ2n) is 8.34. The van der Waals surface area contributed by atoms with Crippen LogP contribution in [0.25, 0.3) is 0 Å². The van der Waals surface area contributed by atoms with E-state index in [1.54, 1.807) is 49.6 Å². The lowest BCUT2D eigenvalue weighted by molar-refractivity contribution is -0.140. The molecule has 0 spiro atoms. The van der Waals surface area contributed by atoms with Crippen molar-refractivity contribution >= 4 is 43.5 Å². The Hall–Kier alpha value is -2.59. The van der Waals surface area contributed by atoms with Crippen molar-refractivity contribution in [2.75, 3.05) is 24.2 Å². The predicted molar refractivity (Wildman–Crippen MR) is 142 cm³/mol. The first-order valence-electron chi connectivity index (χ1n) is 11.5. The highest BCUT2D eigenvalue weighted by Crippen LogP contribution is 2.28. The van der Waals surface area contributed by atoms with Crippen LogP contribution in [0.3, 0.4) is 0 Å². The fourth-order valence-electron chi connectivity index (χ4n) is 3.58. The van der Waals surface area contributed by atoms with Crippen molar-refractivity contribution in [3.8, 4) is 5.75 Å². The largest absolute Gasteiger partial charge is 0.497 e. The van der Waals surface area contributed by atoms with Crippen LogP contribution in [0.1, 0.15) is 39.2 Å². The highest BCUT2D eigenvalue weighted by Gasteiger charge is 2.32. The van der Waals surface area contributed by atoms with Gasteiger partial charge >= 0.3 is 0 Å². The molecule has 2 aromatic carbocycles. The minimum absolute atomic E-state index is 0.0573. The van der Waals surface area contributed by atoms with Gasteiger partial charge in [-0.1, -0.05) is 38.1 Å². The Labute approximate surface area is 216 Å². The molecule has 0 aliphatic carbocycles. The van der Waals surface area contributed by atoms with Crippen LogP contribution in [0.5, 0.6) is 5.75 Å². The number of methoxy groups -OCH3 is 1. The number of sulfonamides is 1. The molecule has 35 heavy (non-hydrogen) atoms. The van der Waals surface area contributed by atoms with E-state index in [2.05, 4.69) is 21.2 Å². The molecule has 2 aromatic rings. The average Bonchev–Trinajstić information content (AvgIpc) is 2.82. The minimum Gasteiger partial charge on any atom is -0.497 e. The molecule has 10 heteroatoms. The molecule has 0 saturated heterocycles. The molecule has 0 unspecified atom stereocenters. The third kappa shape index (κ3) is 7.96. The zero-order valence-corrected chi connectivity index (χ0v) is 23.2. The highest BCUT2D eigenvalue weighted by molar-refractivity contribution is 9.10. The first-order chi connectivity index (χ1) is 16.5. The molecule has 192 valence electrons. The van der Waals surface area contributed by atoms with Crippen LogP contribution in [0.15, 0.2) is 53.0 Å². The molecule has 0 radical (unpaired) electrons. The molecular formula is C25H34BrN3O5S. The topological polar surface area (TPSA) is 96.0 Å². The molecule has 0 aliphatic heterocycles. The van der Waals surface area contributed by atoms with Crippen LogP contribution in [-0.4, -0.2) is 57.1 Å². The Morgan fingerprint density at radius 3 is 2.34 bits per heavy atom. The standard InChI is InChI=1S/C25H34BrN3O5S/c1-6-18(3)27-25(31)22(7-2)28(16-19-11-10-12-20(15-19)34-4)24(30)17-29(35(5,32)33)23-14-9-8-13-21(23)26/h8-15,18,22H,6-7,16-17H2,1-5H3,(H,27,31)/t18-,22+/m1/s1. The van der Waals surface area contributed by atoms with Crippen molar-refractivity contribution < 1.29 is 22.7 Å². The molecule has 2 rings (SSSR count). The van der Waals surface area contributed by atoms with Crippen LogP contribution in [0, 0.1) is 0 Å².